The molecular weight excluding hydrogens is 600 g/mol. The van der Waals surface area contributed by atoms with E-state index >= 15 is 0 Å². The van der Waals surface area contributed by atoms with E-state index in [0.29, 0.717) is 12.2 Å². The van der Waals surface area contributed by atoms with E-state index in [4.69, 9.17) is 15.3 Å². The van der Waals surface area contributed by atoms with E-state index in [1.807, 2.05) is 70.0 Å². The predicted molar refractivity (Wildman–Crippen MR) is 194 cm³/mol. The maximum atomic E-state index is 12.6. The van der Waals surface area contributed by atoms with E-state index in [-0.39, 0.29) is 69.5 Å². The Kier molecular flexibility index (Phi) is 37.2. The molecule has 250 valence electrons. The number of benzene rings is 3. The number of hydrogen-bond donors (Lipinski definition) is 3. The normalized spacial score (nSPS) is 9.30. The van der Waals surface area contributed by atoms with Crippen molar-refractivity contribution < 1.29 is 65.8 Å². The SMILES string of the molecule is C=O.CCC.CCC.CNCN(C)CN.NC=O.[CH2-]c1cc(/C=C/c2cccc(C)c2)ccc1-c1[c-]cccc1C(=O)C(C)C.[K+]. The molecule has 0 atom stereocenters. The second-order valence-corrected chi connectivity index (χ2v) is 10.2. The molecule has 0 unspecified atom stereocenters. The summed E-state index contributed by atoms with van der Waals surface area (Å²) in [6.45, 7) is 22.1. The zero-order valence-corrected chi connectivity index (χ0v) is 33.3. The molecule has 3 aromatic carbocycles. The number of rotatable bonds is 8. The largest absolute Gasteiger partial charge is 1.00 e. The van der Waals surface area contributed by atoms with E-state index in [1.165, 1.54) is 24.0 Å². The number of nitrogens with two attached hydrogens (primary N) is 2. The Balaban J connectivity index is -0.000000387. The van der Waals surface area contributed by atoms with Gasteiger partial charge in [0.15, 0.2) is 0 Å². The number of ketones is 1. The van der Waals surface area contributed by atoms with Crippen LogP contribution >= 0.6 is 0 Å². The molecular formula is C38H58KN4O3-. The molecule has 0 aliphatic carbocycles. The van der Waals surface area contributed by atoms with E-state index in [0.717, 1.165) is 28.9 Å². The van der Waals surface area contributed by atoms with Gasteiger partial charge in [-0.15, -0.1) is 35.4 Å². The fraction of sp³-hybridized carbons (Fsp3) is 0.368. The molecule has 0 spiro atoms. The first-order valence-corrected chi connectivity index (χ1v) is 15.2. The van der Waals surface area contributed by atoms with E-state index in [2.05, 4.69) is 101 Å². The molecule has 0 saturated heterocycles. The van der Waals surface area contributed by atoms with Crippen LogP contribution in [0.15, 0.2) is 60.7 Å². The number of nitrogens with one attached hydrogen (secondary N) is 1. The van der Waals surface area contributed by atoms with Gasteiger partial charge in [-0.05, 0) is 26.6 Å². The molecule has 5 N–H and O–H groups in total. The summed E-state index contributed by atoms with van der Waals surface area (Å²) >= 11 is 0. The van der Waals surface area contributed by atoms with Crippen molar-refractivity contribution in [2.45, 2.75) is 61.3 Å². The Morgan fingerprint density at radius 2 is 1.52 bits per heavy atom. The van der Waals surface area contributed by atoms with E-state index in [9.17, 15) is 4.79 Å². The predicted octanol–water partition coefficient (Wildman–Crippen LogP) is 4.42. The van der Waals surface area contributed by atoms with Gasteiger partial charge in [0.05, 0.1) is 0 Å². The molecule has 0 aromatic heterocycles. The molecule has 3 aromatic rings. The van der Waals surface area contributed by atoms with Crippen LogP contribution in [0.5, 0.6) is 0 Å². The van der Waals surface area contributed by atoms with Crippen molar-refractivity contribution in [3.63, 3.8) is 0 Å². The first-order chi connectivity index (χ1) is 21.5. The van der Waals surface area contributed by atoms with Gasteiger partial charge in [-0.25, -0.2) is 0 Å². The monoisotopic (exact) mass is 657 g/mol. The molecule has 0 bridgehead atoms. The molecule has 0 fully saturated rings. The summed E-state index contributed by atoms with van der Waals surface area (Å²) in [4.78, 5) is 31.1. The van der Waals surface area contributed by atoms with Crippen LogP contribution in [0.25, 0.3) is 23.3 Å². The standard InChI is InChI=1S/C26H24O.C4H13N3.2C3H8.CH3NO.CH2O.K/c1-18(2)26(27)25-11-6-5-10-24(25)23-15-14-22(17-20(23)4)13-12-21-9-7-8-19(3)16-21;1-6-4-7(2)3-5;2*1-3-2;2-1-3;1-2;/h5-9,11-18H,4H2,1-3H3;6H,3-5H2,1-2H3;2*3H2,1-2H3;1H,(H2,2,3);1H2;/q-2;;;;;;+1/b13-12+;;;;;;. The summed E-state index contributed by atoms with van der Waals surface area (Å²) in [5.74, 6) is 0.0778. The Morgan fingerprint density at radius 3 is 1.93 bits per heavy atom. The van der Waals surface area contributed by atoms with Crippen LogP contribution in [0, 0.1) is 25.8 Å². The van der Waals surface area contributed by atoms with Gasteiger partial charge in [-0.1, -0.05) is 120 Å². The van der Waals surface area contributed by atoms with Crippen LogP contribution in [0.2, 0.25) is 0 Å². The molecule has 0 radical (unpaired) electrons. The quantitative estimate of drug-likeness (QED) is 0.0825. The van der Waals surface area contributed by atoms with Gasteiger partial charge < -0.3 is 26.4 Å². The number of amides is 1. The molecule has 3 rings (SSSR count). The van der Waals surface area contributed by atoms with Gasteiger partial charge in [0.25, 0.3) is 0 Å². The first-order valence-electron chi connectivity index (χ1n) is 15.2. The minimum absolute atomic E-state index is 0. The van der Waals surface area contributed by atoms with Crippen molar-refractivity contribution in [3.05, 3.63) is 101 Å². The van der Waals surface area contributed by atoms with Crippen LogP contribution in [0.3, 0.4) is 0 Å². The van der Waals surface area contributed by atoms with Gasteiger partial charge in [-0.2, -0.15) is 18.6 Å². The maximum absolute atomic E-state index is 12.6. The maximum Gasteiger partial charge on any atom is 1.00 e. The summed E-state index contributed by atoms with van der Waals surface area (Å²) in [6.07, 6.45) is 6.94. The van der Waals surface area contributed by atoms with Crippen molar-refractivity contribution in [1.82, 2.24) is 10.2 Å². The summed E-state index contributed by atoms with van der Waals surface area (Å²) < 4.78 is 0. The van der Waals surface area contributed by atoms with E-state index in [1.54, 1.807) is 0 Å². The number of aryl methyl sites for hydroxylation is 1. The van der Waals surface area contributed by atoms with E-state index < -0.39 is 0 Å². The van der Waals surface area contributed by atoms with Crippen LogP contribution < -0.4 is 68.2 Å². The summed E-state index contributed by atoms with van der Waals surface area (Å²) in [6, 6.07) is 23.3. The van der Waals surface area contributed by atoms with Gasteiger partial charge in [0.1, 0.15) is 12.6 Å². The number of carbonyl (C=O) groups is 3. The third-order valence-electron chi connectivity index (χ3n) is 5.29. The van der Waals surface area contributed by atoms with Crippen LogP contribution in [-0.4, -0.2) is 51.3 Å². The zero-order chi connectivity index (χ0) is 35.2. The second-order valence-electron chi connectivity index (χ2n) is 10.2. The minimum atomic E-state index is -0.0515. The first kappa shape index (κ1) is 50.5. The van der Waals surface area contributed by atoms with Crippen molar-refractivity contribution in [3.8, 4) is 11.1 Å². The molecule has 0 heterocycles. The summed E-state index contributed by atoms with van der Waals surface area (Å²) in [5, 5.41) is 2.96. The number of Topliss-reactive ketones (excluding diaryl/α,β-unsaturated/α-hetero) is 1. The average Bonchev–Trinajstić information content (AvgIpc) is 3.02. The van der Waals surface area contributed by atoms with Crippen LogP contribution in [-0.2, 0) is 9.59 Å². The van der Waals surface area contributed by atoms with Gasteiger partial charge >= 0.3 is 51.4 Å². The average molecular weight is 658 g/mol. The Labute approximate surface area is 323 Å². The number of nitrogens with zero attached hydrogens (tertiary/aromatic N) is 1. The Bertz CT molecular complexity index is 1210. The third kappa shape index (κ3) is 23.9. The molecule has 7 nitrogen and oxygen atoms in total. The zero-order valence-electron chi connectivity index (χ0n) is 30.2. The molecule has 0 aliphatic rings. The summed E-state index contributed by atoms with van der Waals surface area (Å²) in [7, 11) is 3.85. The van der Waals surface area contributed by atoms with Crippen molar-refractivity contribution >= 4 is 31.1 Å². The number of primary amides is 1. The number of carbonyl (C=O) groups excluding carboxylic acids is 3. The van der Waals surface area contributed by atoms with Gasteiger partial charge in [0, 0.05) is 19.3 Å². The van der Waals surface area contributed by atoms with Crippen molar-refractivity contribution in [2.75, 3.05) is 27.4 Å². The third-order valence-corrected chi connectivity index (χ3v) is 5.29. The topological polar surface area (TPSA) is 119 Å². The summed E-state index contributed by atoms with van der Waals surface area (Å²) in [5.41, 5.74) is 16.3. The van der Waals surface area contributed by atoms with Crippen molar-refractivity contribution in [2.24, 2.45) is 17.4 Å². The smallest absolute Gasteiger partial charge is 0.372 e. The molecule has 46 heavy (non-hydrogen) atoms. The molecule has 0 aliphatic heterocycles. The van der Waals surface area contributed by atoms with Crippen LogP contribution in [0.4, 0.5) is 0 Å². The fourth-order valence-electron chi connectivity index (χ4n) is 3.44. The van der Waals surface area contributed by atoms with Gasteiger partial charge in [0.2, 0.25) is 6.41 Å². The Hall–Kier alpha value is -2.40. The van der Waals surface area contributed by atoms with Crippen molar-refractivity contribution in [1.29, 1.82) is 0 Å². The second kappa shape index (κ2) is 33.9. The number of hydrogen-bond acceptors (Lipinski definition) is 6. The molecule has 1 amide bonds. The molecule has 8 heteroatoms. The van der Waals surface area contributed by atoms with Crippen LogP contribution in [0.1, 0.15) is 87.0 Å². The minimum Gasteiger partial charge on any atom is -0.372 e. The molecule has 0 saturated carbocycles. The Morgan fingerprint density at radius 1 is 1.00 bits per heavy atom. The van der Waals surface area contributed by atoms with Gasteiger partial charge in [-0.3, -0.25) is 9.69 Å². The fourth-order valence-corrected chi connectivity index (χ4v) is 3.44.